The van der Waals surface area contributed by atoms with Gasteiger partial charge in [-0.3, -0.25) is 4.79 Å². The van der Waals surface area contributed by atoms with E-state index in [0.29, 0.717) is 11.5 Å². The molecule has 4 nitrogen and oxygen atoms in total. The molecule has 1 aliphatic heterocycles. The molecule has 0 aromatic carbocycles. The van der Waals surface area contributed by atoms with E-state index in [1.165, 1.54) is 11.3 Å². The van der Waals surface area contributed by atoms with Crippen LogP contribution in [0.5, 0.6) is 0 Å². The second-order valence-electron chi connectivity index (χ2n) is 5.13. The van der Waals surface area contributed by atoms with Crippen LogP contribution >= 0.6 is 11.3 Å². The highest BCUT2D eigenvalue weighted by Gasteiger charge is 2.27. The largest absolute Gasteiger partial charge is 0.472 e. The van der Waals surface area contributed by atoms with Gasteiger partial charge in [0.05, 0.1) is 22.5 Å². The summed E-state index contributed by atoms with van der Waals surface area (Å²) < 4.78 is 5.00. The van der Waals surface area contributed by atoms with Crippen molar-refractivity contribution in [2.75, 3.05) is 13.1 Å². The van der Waals surface area contributed by atoms with Gasteiger partial charge in [-0.15, -0.1) is 11.3 Å². The van der Waals surface area contributed by atoms with E-state index in [1.807, 2.05) is 4.90 Å². The lowest BCUT2D eigenvalue weighted by molar-refractivity contribution is 0.0706. The lowest BCUT2D eigenvalue weighted by Gasteiger charge is -2.31. The zero-order chi connectivity index (χ0) is 13.9. The molecule has 0 unspecified atom stereocenters. The minimum atomic E-state index is 0.0655. The van der Waals surface area contributed by atoms with Crippen molar-refractivity contribution >= 4 is 17.2 Å². The van der Waals surface area contributed by atoms with E-state index in [4.69, 9.17) is 4.42 Å². The first-order chi connectivity index (χ1) is 9.78. The molecule has 0 aliphatic carbocycles. The highest BCUT2D eigenvalue weighted by molar-refractivity contribution is 7.09. The molecule has 3 rings (SSSR count). The molecule has 1 amide bonds. The van der Waals surface area contributed by atoms with Gasteiger partial charge in [-0.05, 0) is 25.3 Å². The Morgan fingerprint density at radius 1 is 1.60 bits per heavy atom. The molecule has 0 radical (unpaired) electrons. The second kappa shape index (κ2) is 5.79. The Bertz CT molecular complexity index is 576. The van der Waals surface area contributed by atoms with Crippen LogP contribution in [0.1, 0.15) is 46.7 Å². The van der Waals surface area contributed by atoms with Crippen LogP contribution in [0, 0.1) is 0 Å². The number of rotatable bonds is 3. The summed E-state index contributed by atoms with van der Waals surface area (Å²) in [6.07, 6.45) is 6.19. The molecule has 0 saturated carbocycles. The average molecular weight is 290 g/mol. The van der Waals surface area contributed by atoms with Crippen molar-refractivity contribution in [3.05, 3.63) is 40.2 Å². The first kappa shape index (κ1) is 13.4. The number of carbonyl (C=O) groups excluding carboxylic acids is 1. The van der Waals surface area contributed by atoms with Gasteiger partial charge in [0.1, 0.15) is 6.26 Å². The van der Waals surface area contributed by atoms with Crippen LogP contribution in [0.3, 0.4) is 0 Å². The molecular weight excluding hydrogens is 272 g/mol. The molecule has 2 aromatic heterocycles. The number of hydrogen-bond donors (Lipinski definition) is 0. The van der Waals surface area contributed by atoms with Gasteiger partial charge in [0.2, 0.25) is 0 Å². The van der Waals surface area contributed by atoms with Gasteiger partial charge in [-0.2, -0.15) is 0 Å². The standard InChI is InChI=1S/C15H18N2O2S/c1-2-13-10-20-14(16-13)11-4-3-6-17(8-11)15(18)12-5-7-19-9-12/h5,7,9-11H,2-4,6,8H2,1H3/t11-/m1/s1. The van der Waals surface area contributed by atoms with Crippen molar-refractivity contribution in [1.82, 2.24) is 9.88 Å². The third kappa shape index (κ3) is 2.63. The predicted molar refractivity (Wildman–Crippen MR) is 78.1 cm³/mol. The fraction of sp³-hybridized carbons (Fsp3) is 0.467. The van der Waals surface area contributed by atoms with Crippen LogP contribution in [0.15, 0.2) is 28.4 Å². The highest BCUT2D eigenvalue weighted by atomic mass is 32.1. The van der Waals surface area contributed by atoms with E-state index in [2.05, 4.69) is 17.3 Å². The van der Waals surface area contributed by atoms with Crippen molar-refractivity contribution in [3.63, 3.8) is 0 Å². The summed E-state index contributed by atoms with van der Waals surface area (Å²) in [5.74, 6) is 0.445. The van der Waals surface area contributed by atoms with Crippen molar-refractivity contribution in [3.8, 4) is 0 Å². The number of thiazole rings is 1. The van der Waals surface area contributed by atoms with E-state index < -0.39 is 0 Å². The van der Waals surface area contributed by atoms with E-state index in [-0.39, 0.29) is 5.91 Å². The molecule has 1 saturated heterocycles. The molecule has 1 fully saturated rings. The lowest BCUT2D eigenvalue weighted by atomic mass is 9.98. The molecule has 20 heavy (non-hydrogen) atoms. The summed E-state index contributed by atoms with van der Waals surface area (Å²) >= 11 is 1.72. The van der Waals surface area contributed by atoms with Gasteiger partial charge in [0.25, 0.3) is 5.91 Å². The fourth-order valence-corrected chi connectivity index (χ4v) is 3.64. The van der Waals surface area contributed by atoms with Gasteiger partial charge < -0.3 is 9.32 Å². The Hall–Kier alpha value is -1.62. The van der Waals surface area contributed by atoms with Crippen LogP contribution in [-0.2, 0) is 6.42 Å². The maximum absolute atomic E-state index is 12.3. The van der Waals surface area contributed by atoms with Gasteiger partial charge >= 0.3 is 0 Å². The Morgan fingerprint density at radius 3 is 3.20 bits per heavy atom. The average Bonchev–Trinajstić information content (AvgIpc) is 3.17. The summed E-state index contributed by atoms with van der Waals surface area (Å²) in [5.41, 5.74) is 1.79. The van der Waals surface area contributed by atoms with Gasteiger partial charge in [0.15, 0.2) is 0 Å². The number of aryl methyl sites for hydroxylation is 1. The zero-order valence-electron chi connectivity index (χ0n) is 11.5. The van der Waals surface area contributed by atoms with Crippen LogP contribution in [-0.4, -0.2) is 28.9 Å². The van der Waals surface area contributed by atoms with Crippen LogP contribution in [0.25, 0.3) is 0 Å². The first-order valence-corrected chi connectivity index (χ1v) is 7.91. The quantitative estimate of drug-likeness (QED) is 0.871. The maximum Gasteiger partial charge on any atom is 0.257 e. The fourth-order valence-electron chi connectivity index (χ4n) is 2.60. The molecule has 0 N–H and O–H groups in total. The van der Waals surface area contributed by atoms with Crippen LogP contribution < -0.4 is 0 Å². The third-order valence-electron chi connectivity index (χ3n) is 3.76. The number of furan rings is 1. The third-order valence-corrected chi connectivity index (χ3v) is 4.81. The number of aromatic nitrogens is 1. The van der Waals surface area contributed by atoms with Gasteiger partial charge in [0, 0.05) is 24.4 Å². The van der Waals surface area contributed by atoms with Crippen LogP contribution in [0.2, 0.25) is 0 Å². The van der Waals surface area contributed by atoms with Gasteiger partial charge in [-0.1, -0.05) is 6.92 Å². The Morgan fingerprint density at radius 2 is 2.50 bits per heavy atom. The minimum absolute atomic E-state index is 0.0655. The van der Waals surface area contributed by atoms with E-state index in [9.17, 15) is 4.79 Å². The molecule has 0 spiro atoms. The van der Waals surface area contributed by atoms with Crippen molar-refractivity contribution < 1.29 is 9.21 Å². The van der Waals surface area contributed by atoms with Crippen molar-refractivity contribution in [1.29, 1.82) is 0 Å². The lowest BCUT2D eigenvalue weighted by Crippen LogP contribution is -2.38. The van der Waals surface area contributed by atoms with E-state index in [0.717, 1.165) is 38.0 Å². The molecule has 106 valence electrons. The number of amides is 1. The molecule has 2 aromatic rings. The normalized spacial score (nSPS) is 19.2. The Kier molecular flexibility index (Phi) is 3.87. The highest BCUT2D eigenvalue weighted by Crippen LogP contribution is 2.30. The molecule has 3 heterocycles. The number of piperidine rings is 1. The molecule has 1 atom stereocenters. The minimum Gasteiger partial charge on any atom is -0.472 e. The summed E-state index contributed by atoms with van der Waals surface area (Å²) in [6.45, 7) is 3.71. The number of hydrogen-bond acceptors (Lipinski definition) is 4. The smallest absolute Gasteiger partial charge is 0.257 e. The summed E-state index contributed by atoms with van der Waals surface area (Å²) in [5, 5.41) is 3.30. The molecule has 5 heteroatoms. The summed E-state index contributed by atoms with van der Waals surface area (Å²) in [6, 6.07) is 1.73. The second-order valence-corrected chi connectivity index (χ2v) is 6.02. The number of carbonyl (C=O) groups is 1. The summed E-state index contributed by atoms with van der Waals surface area (Å²) in [7, 11) is 0. The molecule has 0 bridgehead atoms. The van der Waals surface area contributed by atoms with Crippen molar-refractivity contribution in [2.24, 2.45) is 0 Å². The molecule has 1 aliphatic rings. The maximum atomic E-state index is 12.3. The van der Waals surface area contributed by atoms with Crippen LogP contribution in [0.4, 0.5) is 0 Å². The number of likely N-dealkylation sites (tertiary alicyclic amines) is 1. The zero-order valence-corrected chi connectivity index (χ0v) is 12.4. The van der Waals surface area contributed by atoms with E-state index in [1.54, 1.807) is 23.7 Å². The van der Waals surface area contributed by atoms with Crippen molar-refractivity contribution in [2.45, 2.75) is 32.1 Å². The molecular formula is C15H18N2O2S. The topological polar surface area (TPSA) is 46.3 Å². The number of nitrogens with zero attached hydrogens (tertiary/aromatic N) is 2. The Balaban J connectivity index is 1.71. The predicted octanol–water partition coefficient (Wildman–Crippen LogP) is 3.32. The SMILES string of the molecule is CCc1csc([C@@H]2CCCN(C(=O)c3ccoc3)C2)n1. The monoisotopic (exact) mass is 290 g/mol. The van der Waals surface area contributed by atoms with Gasteiger partial charge in [-0.25, -0.2) is 4.98 Å². The van der Waals surface area contributed by atoms with E-state index >= 15 is 0 Å². The summed E-state index contributed by atoms with van der Waals surface area (Å²) in [4.78, 5) is 18.9. The first-order valence-electron chi connectivity index (χ1n) is 7.03. The Labute approximate surface area is 122 Å².